The highest BCUT2D eigenvalue weighted by atomic mass is 35.5. The van der Waals surface area contributed by atoms with Gasteiger partial charge >= 0.3 is 0 Å². The predicted octanol–water partition coefficient (Wildman–Crippen LogP) is 2.89. The third-order valence-electron chi connectivity index (χ3n) is 2.04. The van der Waals surface area contributed by atoms with Gasteiger partial charge in [0.15, 0.2) is 0 Å². The van der Waals surface area contributed by atoms with Crippen LogP contribution < -0.4 is 0 Å². The molecule has 0 saturated heterocycles. The molecule has 4 heteroatoms. The van der Waals surface area contributed by atoms with Crippen LogP contribution in [0.3, 0.4) is 0 Å². The van der Waals surface area contributed by atoms with Crippen LogP contribution in [0.5, 0.6) is 0 Å². The molecule has 15 heavy (non-hydrogen) atoms. The van der Waals surface area contributed by atoms with E-state index >= 15 is 0 Å². The maximum atomic E-state index is 5.62. The molecular weight excluding hydrogens is 210 g/mol. The first kappa shape index (κ1) is 12.5. The number of alkyl halides is 1. The zero-order valence-corrected chi connectivity index (χ0v) is 10.6. The lowest BCUT2D eigenvalue weighted by Gasteiger charge is -2.16. The molecule has 0 aromatic carbocycles. The highest BCUT2D eigenvalue weighted by Gasteiger charge is 2.12. The molecule has 0 saturated carbocycles. The Morgan fingerprint density at radius 3 is 2.67 bits per heavy atom. The van der Waals surface area contributed by atoms with Gasteiger partial charge < -0.3 is 0 Å². The maximum Gasteiger partial charge on any atom is 0.0827 e. The van der Waals surface area contributed by atoms with Crippen LogP contribution in [0, 0.1) is 5.41 Å². The zero-order chi connectivity index (χ0) is 11.3. The van der Waals surface area contributed by atoms with Gasteiger partial charge in [-0.25, -0.2) is 0 Å². The van der Waals surface area contributed by atoms with Crippen LogP contribution in [0.1, 0.15) is 39.3 Å². The van der Waals surface area contributed by atoms with Crippen molar-refractivity contribution < 1.29 is 0 Å². The molecular formula is C11H20ClN3. The summed E-state index contributed by atoms with van der Waals surface area (Å²) >= 11 is 5.62. The van der Waals surface area contributed by atoms with Gasteiger partial charge in [0.25, 0.3) is 0 Å². The van der Waals surface area contributed by atoms with Gasteiger partial charge in [0.05, 0.1) is 5.69 Å². The molecule has 0 fully saturated rings. The van der Waals surface area contributed by atoms with Crippen LogP contribution >= 0.6 is 11.6 Å². The molecule has 0 atom stereocenters. The molecule has 0 amide bonds. The van der Waals surface area contributed by atoms with E-state index in [9.17, 15) is 0 Å². The van der Waals surface area contributed by atoms with E-state index in [0.29, 0.717) is 0 Å². The second-order valence-electron chi connectivity index (χ2n) is 5.11. The van der Waals surface area contributed by atoms with E-state index in [1.165, 1.54) is 0 Å². The van der Waals surface area contributed by atoms with Crippen molar-refractivity contribution in [2.24, 2.45) is 5.41 Å². The van der Waals surface area contributed by atoms with Crippen molar-refractivity contribution in [2.75, 3.05) is 5.88 Å². The quantitative estimate of drug-likeness (QED) is 0.574. The lowest BCUT2D eigenvalue weighted by molar-refractivity contribution is 0.321. The first-order chi connectivity index (χ1) is 7.01. The lowest BCUT2D eigenvalue weighted by Crippen LogP contribution is -2.15. The van der Waals surface area contributed by atoms with E-state index in [1.807, 2.05) is 10.9 Å². The van der Waals surface area contributed by atoms with Crippen molar-refractivity contribution >= 4 is 11.6 Å². The Morgan fingerprint density at radius 2 is 2.07 bits per heavy atom. The summed E-state index contributed by atoms with van der Waals surface area (Å²) in [5, 5.41) is 8.26. The maximum absolute atomic E-state index is 5.62. The number of halogens is 1. The average molecular weight is 230 g/mol. The van der Waals surface area contributed by atoms with E-state index < -0.39 is 0 Å². The Bertz CT molecular complexity index is 288. The summed E-state index contributed by atoms with van der Waals surface area (Å²) in [7, 11) is 0. The number of unbranched alkanes of at least 4 members (excludes halogenated alkanes) is 1. The molecule has 1 aromatic rings. The number of nitrogens with zero attached hydrogens (tertiary/aromatic N) is 3. The minimum atomic E-state index is 0.251. The third kappa shape index (κ3) is 5.17. The Hall–Kier alpha value is -0.570. The predicted molar refractivity (Wildman–Crippen MR) is 63.1 cm³/mol. The van der Waals surface area contributed by atoms with Gasteiger partial charge in [-0.05, 0) is 24.7 Å². The number of hydrogen-bond donors (Lipinski definition) is 0. The van der Waals surface area contributed by atoms with Crippen LogP contribution in [-0.4, -0.2) is 20.9 Å². The van der Waals surface area contributed by atoms with Crippen LogP contribution in [0.25, 0.3) is 0 Å². The standard InChI is InChI=1S/C11H20ClN3/c1-11(2,3)9-15-8-10(13-14-15)6-4-5-7-12/h8H,4-7,9H2,1-3H3. The van der Waals surface area contributed by atoms with Gasteiger partial charge in [-0.15, -0.1) is 16.7 Å². The van der Waals surface area contributed by atoms with E-state index in [0.717, 1.165) is 37.4 Å². The molecule has 0 spiro atoms. The summed E-state index contributed by atoms with van der Waals surface area (Å²) in [6, 6.07) is 0. The zero-order valence-electron chi connectivity index (χ0n) is 9.83. The van der Waals surface area contributed by atoms with Gasteiger partial charge in [-0.1, -0.05) is 26.0 Å². The summed E-state index contributed by atoms with van der Waals surface area (Å²) < 4.78 is 1.93. The SMILES string of the molecule is CC(C)(C)Cn1cc(CCCCCl)nn1. The molecule has 0 unspecified atom stereocenters. The van der Waals surface area contributed by atoms with Crippen LogP contribution in [0.2, 0.25) is 0 Å². The van der Waals surface area contributed by atoms with Crippen LogP contribution in [0.15, 0.2) is 6.20 Å². The molecule has 1 aromatic heterocycles. The number of hydrogen-bond acceptors (Lipinski definition) is 2. The average Bonchev–Trinajstić information content (AvgIpc) is 2.50. The second-order valence-corrected chi connectivity index (χ2v) is 5.49. The number of aromatic nitrogens is 3. The van der Waals surface area contributed by atoms with E-state index in [1.54, 1.807) is 0 Å². The van der Waals surface area contributed by atoms with Crippen molar-refractivity contribution in [1.29, 1.82) is 0 Å². The molecule has 3 nitrogen and oxygen atoms in total. The Balaban J connectivity index is 2.42. The van der Waals surface area contributed by atoms with Gasteiger partial charge in [0.1, 0.15) is 0 Å². The highest BCUT2D eigenvalue weighted by molar-refractivity contribution is 6.17. The van der Waals surface area contributed by atoms with E-state index in [2.05, 4.69) is 31.1 Å². The summed E-state index contributed by atoms with van der Waals surface area (Å²) in [5.74, 6) is 0.732. The van der Waals surface area contributed by atoms with E-state index in [-0.39, 0.29) is 5.41 Å². The molecule has 0 radical (unpaired) electrons. The van der Waals surface area contributed by atoms with Crippen LogP contribution in [-0.2, 0) is 13.0 Å². The molecule has 1 heterocycles. The first-order valence-electron chi connectivity index (χ1n) is 5.46. The second kappa shape index (κ2) is 5.50. The lowest BCUT2D eigenvalue weighted by atomic mass is 9.97. The smallest absolute Gasteiger partial charge is 0.0827 e. The van der Waals surface area contributed by atoms with Gasteiger partial charge in [0.2, 0.25) is 0 Å². The number of aryl methyl sites for hydroxylation is 1. The summed E-state index contributed by atoms with van der Waals surface area (Å²) in [6.07, 6.45) is 5.17. The molecule has 86 valence electrons. The monoisotopic (exact) mass is 229 g/mol. The van der Waals surface area contributed by atoms with Crippen molar-refractivity contribution in [3.05, 3.63) is 11.9 Å². The molecule has 0 aliphatic rings. The summed E-state index contributed by atoms with van der Waals surface area (Å²) in [6.45, 7) is 7.50. The summed E-state index contributed by atoms with van der Waals surface area (Å²) in [4.78, 5) is 0. The van der Waals surface area contributed by atoms with Gasteiger partial charge in [-0.3, -0.25) is 4.68 Å². The molecule has 1 rings (SSSR count). The largest absolute Gasteiger partial charge is 0.252 e. The fourth-order valence-electron chi connectivity index (χ4n) is 1.42. The van der Waals surface area contributed by atoms with Gasteiger partial charge in [0, 0.05) is 18.6 Å². The normalized spacial score (nSPS) is 12.0. The number of rotatable bonds is 5. The Labute approximate surface area is 96.8 Å². The fraction of sp³-hybridized carbons (Fsp3) is 0.818. The van der Waals surface area contributed by atoms with Crippen LogP contribution in [0.4, 0.5) is 0 Å². The molecule has 0 bridgehead atoms. The van der Waals surface area contributed by atoms with Crippen molar-refractivity contribution in [3.63, 3.8) is 0 Å². The highest BCUT2D eigenvalue weighted by Crippen LogP contribution is 2.15. The minimum absolute atomic E-state index is 0.251. The van der Waals surface area contributed by atoms with Crippen molar-refractivity contribution in [1.82, 2.24) is 15.0 Å². The Morgan fingerprint density at radius 1 is 1.33 bits per heavy atom. The topological polar surface area (TPSA) is 30.7 Å². The first-order valence-corrected chi connectivity index (χ1v) is 6.00. The van der Waals surface area contributed by atoms with Crippen molar-refractivity contribution in [3.8, 4) is 0 Å². The molecule has 0 aliphatic heterocycles. The van der Waals surface area contributed by atoms with Crippen molar-refractivity contribution in [2.45, 2.75) is 46.6 Å². The van der Waals surface area contributed by atoms with Gasteiger partial charge in [-0.2, -0.15) is 0 Å². The minimum Gasteiger partial charge on any atom is -0.252 e. The third-order valence-corrected chi connectivity index (χ3v) is 2.31. The van der Waals surface area contributed by atoms with E-state index in [4.69, 9.17) is 11.6 Å². The molecule has 0 N–H and O–H groups in total. The fourth-order valence-corrected chi connectivity index (χ4v) is 1.61. The summed E-state index contributed by atoms with van der Waals surface area (Å²) in [5.41, 5.74) is 1.32. The molecule has 0 aliphatic carbocycles. The Kier molecular flexibility index (Phi) is 4.58.